The van der Waals surface area contributed by atoms with Gasteiger partial charge < -0.3 is 18.9 Å². The first-order valence-corrected chi connectivity index (χ1v) is 11.3. The van der Waals surface area contributed by atoms with E-state index in [0.29, 0.717) is 39.9 Å². The fourth-order valence-corrected chi connectivity index (χ4v) is 4.80. The number of methoxy groups -OCH3 is 4. The van der Waals surface area contributed by atoms with Crippen molar-refractivity contribution in [2.45, 2.75) is 12.1 Å². The zero-order valence-corrected chi connectivity index (χ0v) is 20.3. The van der Waals surface area contributed by atoms with Crippen molar-refractivity contribution in [3.05, 3.63) is 72.3 Å². The Morgan fingerprint density at radius 1 is 0.694 bits per heavy atom. The van der Waals surface area contributed by atoms with Crippen LogP contribution in [0.2, 0.25) is 0 Å². The average molecular weight is 491 g/mol. The van der Waals surface area contributed by atoms with E-state index < -0.39 is 24.0 Å². The summed E-state index contributed by atoms with van der Waals surface area (Å²) in [6.07, 6.45) is -1.01. The summed E-state index contributed by atoms with van der Waals surface area (Å²) in [7, 11) is 6.16. The van der Waals surface area contributed by atoms with E-state index in [0.717, 1.165) is 0 Å². The number of benzene rings is 3. The summed E-state index contributed by atoms with van der Waals surface area (Å²) in [5.74, 6) is 0.422. The number of para-hydroxylation sites is 1. The maximum absolute atomic E-state index is 13.9. The number of hydrogen-bond donors (Lipinski definition) is 0. The second kappa shape index (κ2) is 9.43. The van der Waals surface area contributed by atoms with Gasteiger partial charge in [0, 0.05) is 11.6 Å². The lowest BCUT2D eigenvalue weighted by atomic mass is 9.89. The van der Waals surface area contributed by atoms with Gasteiger partial charge in [0.1, 0.15) is 23.5 Å². The number of imide groups is 1. The van der Waals surface area contributed by atoms with Crippen molar-refractivity contribution < 1.29 is 33.4 Å². The molecule has 3 atom stereocenters. The Labute approximate surface area is 208 Å². The van der Waals surface area contributed by atoms with Crippen molar-refractivity contribution in [3.63, 3.8) is 0 Å². The first-order chi connectivity index (χ1) is 17.5. The minimum absolute atomic E-state index is 0.365. The van der Waals surface area contributed by atoms with Gasteiger partial charge in [-0.1, -0.05) is 18.2 Å². The van der Waals surface area contributed by atoms with Crippen LogP contribution in [-0.2, 0) is 14.4 Å². The van der Waals surface area contributed by atoms with Crippen LogP contribution in [0.5, 0.6) is 23.0 Å². The molecule has 0 radical (unpaired) electrons. The van der Waals surface area contributed by atoms with Crippen molar-refractivity contribution >= 4 is 23.2 Å². The number of hydroxylamine groups is 1. The van der Waals surface area contributed by atoms with Crippen molar-refractivity contribution in [2.24, 2.45) is 5.92 Å². The van der Waals surface area contributed by atoms with Crippen LogP contribution in [0.1, 0.15) is 11.6 Å². The summed E-state index contributed by atoms with van der Waals surface area (Å²) in [6.45, 7) is 0. The SMILES string of the molecule is COc1ccc(N2C(=O)[C@@H]3[C@@H](c4cc(OC)c(OC)cc4OC)N(c4ccccc4)O[C@H]3C2=O)cc1. The van der Waals surface area contributed by atoms with Crippen LogP contribution in [0.25, 0.3) is 0 Å². The molecule has 0 aromatic heterocycles. The van der Waals surface area contributed by atoms with Crippen molar-refractivity contribution in [2.75, 3.05) is 38.4 Å². The Kier molecular flexibility index (Phi) is 6.15. The fourth-order valence-electron chi connectivity index (χ4n) is 4.80. The smallest absolute Gasteiger partial charge is 0.266 e. The lowest BCUT2D eigenvalue weighted by molar-refractivity contribution is -0.126. The van der Waals surface area contributed by atoms with Gasteiger partial charge >= 0.3 is 0 Å². The Morgan fingerprint density at radius 2 is 1.33 bits per heavy atom. The summed E-state index contributed by atoms with van der Waals surface area (Å²) in [5.41, 5.74) is 1.78. The van der Waals surface area contributed by atoms with Gasteiger partial charge in [0.25, 0.3) is 5.91 Å². The first kappa shape index (κ1) is 23.5. The molecule has 3 aromatic carbocycles. The molecule has 2 aliphatic rings. The molecule has 0 N–H and O–H groups in total. The van der Waals surface area contributed by atoms with Gasteiger partial charge in [-0.15, -0.1) is 0 Å². The molecular formula is C27H26N2O7. The predicted molar refractivity (Wildman–Crippen MR) is 132 cm³/mol. The minimum Gasteiger partial charge on any atom is -0.497 e. The topological polar surface area (TPSA) is 86.8 Å². The van der Waals surface area contributed by atoms with Crippen molar-refractivity contribution in [1.82, 2.24) is 0 Å². The number of hydrogen-bond acceptors (Lipinski definition) is 8. The van der Waals surface area contributed by atoms with Crippen LogP contribution in [-0.4, -0.2) is 46.4 Å². The highest BCUT2D eigenvalue weighted by atomic mass is 16.7. The van der Waals surface area contributed by atoms with Gasteiger partial charge in [-0.2, -0.15) is 0 Å². The Morgan fingerprint density at radius 3 is 1.94 bits per heavy atom. The van der Waals surface area contributed by atoms with E-state index in [-0.39, 0.29) is 5.91 Å². The number of carbonyl (C=O) groups is 2. The number of rotatable bonds is 7. The molecule has 9 nitrogen and oxygen atoms in total. The molecule has 0 saturated carbocycles. The zero-order valence-electron chi connectivity index (χ0n) is 20.3. The van der Waals surface area contributed by atoms with Crippen LogP contribution in [0.4, 0.5) is 11.4 Å². The Bertz CT molecular complexity index is 1280. The van der Waals surface area contributed by atoms with Gasteiger partial charge in [-0.25, -0.2) is 9.96 Å². The Balaban J connectivity index is 1.63. The van der Waals surface area contributed by atoms with E-state index in [4.69, 9.17) is 23.8 Å². The molecule has 3 aromatic rings. The van der Waals surface area contributed by atoms with Crippen molar-refractivity contribution in [3.8, 4) is 23.0 Å². The largest absolute Gasteiger partial charge is 0.497 e. The van der Waals surface area contributed by atoms with E-state index in [1.54, 1.807) is 48.6 Å². The van der Waals surface area contributed by atoms with Crippen LogP contribution in [0, 0.1) is 5.92 Å². The van der Waals surface area contributed by atoms with Gasteiger partial charge in [0.2, 0.25) is 5.91 Å². The monoisotopic (exact) mass is 490 g/mol. The molecule has 2 heterocycles. The summed E-state index contributed by atoms with van der Waals surface area (Å²) in [4.78, 5) is 34.8. The third-order valence-electron chi connectivity index (χ3n) is 6.51. The second-order valence-corrected chi connectivity index (χ2v) is 8.32. The second-order valence-electron chi connectivity index (χ2n) is 8.32. The molecule has 0 spiro atoms. The third-order valence-corrected chi connectivity index (χ3v) is 6.51. The Hall–Kier alpha value is -4.24. The molecule has 186 valence electrons. The average Bonchev–Trinajstić information content (AvgIpc) is 3.43. The highest BCUT2D eigenvalue weighted by Crippen LogP contribution is 2.51. The normalized spacial score (nSPS) is 20.9. The van der Waals surface area contributed by atoms with E-state index in [9.17, 15) is 9.59 Å². The molecule has 9 heteroatoms. The molecule has 2 saturated heterocycles. The van der Waals surface area contributed by atoms with Crippen LogP contribution >= 0.6 is 0 Å². The molecule has 36 heavy (non-hydrogen) atoms. The van der Waals surface area contributed by atoms with Crippen molar-refractivity contribution in [1.29, 1.82) is 0 Å². The van der Waals surface area contributed by atoms with Gasteiger partial charge in [-0.05, 0) is 42.5 Å². The van der Waals surface area contributed by atoms with E-state index in [2.05, 4.69) is 0 Å². The first-order valence-electron chi connectivity index (χ1n) is 11.3. The number of nitrogens with zero attached hydrogens (tertiary/aromatic N) is 2. The van der Waals surface area contributed by atoms with Gasteiger partial charge in [0.05, 0.1) is 39.8 Å². The maximum Gasteiger partial charge on any atom is 0.266 e. The van der Waals surface area contributed by atoms with Gasteiger partial charge in [0.15, 0.2) is 17.6 Å². The molecule has 2 amide bonds. The van der Waals surface area contributed by atoms with E-state index >= 15 is 0 Å². The quantitative estimate of drug-likeness (QED) is 0.463. The summed E-state index contributed by atoms with van der Waals surface area (Å²) < 4.78 is 21.9. The molecule has 5 rings (SSSR count). The van der Waals surface area contributed by atoms with E-state index in [1.807, 2.05) is 30.3 Å². The lowest BCUT2D eigenvalue weighted by Crippen LogP contribution is -2.37. The minimum atomic E-state index is -1.01. The predicted octanol–water partition coefficient (Wildman–Crippen LogP) is 3.77. The number of anilines is 2. The summed E-state index contributed by atoms with van der Waals surface area (Å²) in [6, 6.07) is 18.9. The van der Waals surface area contributed by atoms with Crippen LogP contribution in [0.3, 0.4) is 0 Å². The fraction of sp³-hybridized carbons (Fsp3) is 0.259. The molecule has 0 unspecified atom stereocenters. The summed E-state index contributed by atoms with van der Waals surface area (Å²) in [5, 5.41) is 1.61. The lowest BCUT2D eigenvalue weighted by Gasteiger charge is -2.30. The molecule has 0 aliphatic carbocycles. The summed E-state index contributed by atoms with van der Waals surface area (Å²) >= 11 is 0. The number of ether oxygens (including phenoxy) is 4. The van der Waals surface area contributed by atoms with Crippen LogP contribution < -0.4 is 28.9 Å². The number of fused-ring (bicyclic) bond motifs is 1. The third kappa shape index (κ3) is 3.68. The number of carbonyl (C=O) groups excluding carboxylic acids is 2. The highest BCUT2D eigenvalue weighted by molar-refractivity contribution is 6.24. The number of amides is 2. The standard InChI is InChI=1S/C27H26N2O7/c1-32-18-12-10-16(11-13-18)28-26(30)23-24(19-14-21(34-3)22(35-4)15-20(19)33-2)29(36-25(23)27(28)31)17-8-6-5-7-9-17/h5-15,23-25H,1-4H3/t23-,24-,25-/m1/s1. The van der Waals surface area contributed by atoms with E-state index in [1.165, 1.54) is 26.2 Å². The molecule has 2 fully saturated rings. The molecule has 2 aliphatic heterocycles. The molecular weight excluding hydrogens is 464 g/mol. The van der Waals surface area contributed by atoms with Crippen LogP contribution in [0.15, 0.2) is 66.7 Å². The zero-order chi connectivity index (χ0) is 25.4. The highest BCUT2D eigenvalue weighted by Gasteiger charge is 2.61. The van der Waals surface area contributed by atoms with Gasteiger partial charge in [-0.3, -0.25) is 14.4 Å². The maximum atomic E-state index is 13.9. The molecule has 0 bridgehead atoms.